The number of pyridine rings is 2. The quantitative estimate of drug-likeness (QED) is 0.250. The van der Waals surface area contributed by atoms with E-state index in [1.807, 2.05) is 12.3 Å². The Labute approximate surface area is 143 Å². The van der Waals surface area contributed by atoms with Gasteiger partial charge in [-0.1, -0.05) is 42.5 Å². The van der Waals surface area contributed by atoms with Gasteiger partial charge >= 0.3 is 0 Å². The van der Waals surface area contributed by atoms with Crippen LogP contribution < -0.4 is 0 Å². The zero-order chi connectivity index (χ0) is 16.4. The first-order valence-electron chi connectivity index (χ1n) is 8.49. The lowest BCUT2D eigenvalue weighted by Crippen LogP contribution is -1.92. The van der Waals surface area contributed by atoms with E-state index in [1.54, 1.807) is 0 Å². The van der Waals surface area contributed by atoms with Crippen molar-refractivity contribution in [1.29, 1.82) is 0 Å². The molecule has 2 nitrogen and oxygen atoms in total. The minimum absolute atomic E-state index is 1.06. The molecule has 0 aliphatic heterocycles. The largest absolute Gasteiger partial charge is 0.314 e. The molecular formula is C23H14N2. The average Bonchev–Trinajstić information content (AvgIpc) is 3.16. The average molecular weight is 318 g/mol. The lowest BCUT2D eigenvalue weighted by molar-refractivity contribution is 1.28. The van der Waals surface area contributed by atoms with Crippen molar-refractivity contribution >= 4 is 48.9 Å². The maximum absolute atomic E-state index is 4.64. The molecule has 0 bridgehead atoms. The summed E-state index contributed by atoms with van der Waals surface area (Å²) in [4.78, 5) is 4.64. The summed E-state index contributed by atoms with van der Waals surface area (Å²) in [5.41, 5.74) is 3.47. The van der Waals surface area contributed by atoms with E-state index in [2.05, 4.69) is 82.3 Å². The molecule has 3 heterocycles. The third kappa shape index (κ3) is 1.66. The summed E-state index contributed by atoms with van der Waals surface area (Å²) >= 11 is 0. The Hall–Kier alpha value is -3.39. The predicted molar refractivity (Wildman–Crippen MR) is 105 cm³/mol. The summed E-state index contributed by atoms with van der Waals surface area (Å²) < 4.78 is 2.28. The molecule has 0 N–H and O–H groups in total. The van der Waals surface area contributed by atoms with Crippen LogP contribution in [0.25, 0.3) is 48.9 Å². The van der Waals surface area contributed by atoms with Crippen molar-refractivity contribution in [3.05, 3.63) is 85.2 Å². The van der Waals surface area contributed by atoms with Gasteiger partial charge in [0.2, 0.25) is 0 Å². The molecule has 0 fully saturated rings. The highest BCUT2D eigenvalue weighted by molar-refractivity contribution is 6.20. The Morgan fingerprint density at radius 3 is 2.44 bits per heavy atom. The highest BCUT2D eigenvalue weighted by Crippen LogP contribution is 2.34. The predicted octanol–water partition coefficient (Wildman–Crippen LogP) is 5.95. The van der Waals surface area contributed by atoms with E-state index >= 15 is 0 Å². The molecule has 6 rings (SSSR count). The second kappa shape index (κ2) is 4.58. The summed E-state index contributed by atoms with van der Waals surface area (Å²) in [5.74, 6) is 0. The first-order chi connectivity index (χ1) is 12.4. The maximum atomic E-state index is 4.64. The van der Waals surface area contributed by atoms with Crippen LogP contribution >= 0.6 is 0 Å². The van der Waals surface area contributed by atoms with Crippen molar-refractivity contribution in [2.75, 3.05) is 0 Å². The van der Waals surface area contributed by atoms with Gasteiger partial charge in [0, 0.05) is 28.6 Å². The van der Waals surface area contributed by atoms with E-state index in [1.165, 1.54) is 37.8 Å². The van der Waals surface area contributed by atoms with Gasteiger partial charge in [0.15, 0.2) is 0 Å². The maximum Gasteiger partial charge on any atom is 0.0948 e. The molecular weight excluding hydrogens is 304 g/mol. The summed E-state index contributed by atoms with van der Waals surface area (Å²) in [7, 11) is 0. The van der Waals surface area contributed by atoms with E-state index in [4.69, 9.17) is 0 Å². The first-order valence-corrected chi connectivity index (χ1v) is 8.49. The number of hydrogen-bond acceptors (Lipinski definition) is 1. The summed E-state index contributed by atoms with van der Waals surface area (Å²) in [5, 5.41) is 7.55. The topological polar surface area (TPSA) is 17.3 Å². The van der Waals surface area contributed by atoms with Crippen LogP contribution in [0.1, 0.15) is 0 Å². The molecule has 3 aromatic carbocycles. The fourth-order valence-corrected chi connectivity index (χ4v) is 4.07. The fraction of sp³-hybridized carbons (Fsp3) is 0. The van der Waals surface area contributed by atoms with Gasteiger partial charge < -0.3 is 4.40 Å². The van der Waals surface area contributed by atoms with Crippen LogP contribution in [0.5, 0.6) is 0 Å². The third-order valence-electron chi connectivity index (χ3n) is 5.19. The van der Waals surface area contributed by atoms with Crippen molar-refractivity contribution in [1.82, 2.24) is 9.38 Å². The minimum atomic E-state index is 1.06. The molecule has 6 aromatic rings. The number of fused-ring (bicyclic) bond motifs is 9. The monoisotopic (exact) mass is 318 g/mol. The summed E-state index contributed by atoms with van der Waals surface area (Å²) in [6, 6.07) is 26.1. The van der Waals surface area contributed by atoms with Crippen LogP contribution in [0, 0.1) is 0 Å². The fourth-order valence-electron chi connectivity index (χ4n) is 4.07. The molecule has 0 saturated heterocycles. The molecule has 0 unspecified atom stereocenters. The molecule has 0 radical (unpaired) electrons. The lowest BCUT2D eigenvalue weighted by atomic mass is 9.99. The number of rotatable bonds is 0. The highest BCUT2D eigenvalue weighted by atomic mass is 14.9. The second-order valence-corrected chi connectivity index (χ2v) is 6.55. The Morgan fingerprint density at radius 2 is 1.52 bits per heavy atom. The Balaban J connectivity index is 1.97. The molecule has 0 aliphatic carbocycles. The molecule has 25 heavy (non-hydrogen) atoms. The molecule has 2 heteroatoms. The third-order valence-corrected chi connectivity index (χ3v) is 5.19. The van der Waals surface area contributed by atoms with E-state index in [0.29, 0.717) is 0 Å². The van der Waals surface area contributed by atoms with Crippen molar-refractivity contribution < 1.29 is 0 Å². The number of aromatic nitrogens is 2. The SMILES string of the molecule is c1ccc2cc3c(ccc4c5cccnc5c5cccn5c34)cc2c1. The molecule has 0 amide bonds. The van der Waals surface area contributed by atoms with Crippen molar-refractivity contribution in [3.63, 3.8) is 0 Å². The van der Waals surface area contributed by atoms with E-state index in [0.717, 1.165) is 11.0 Å². The van der Waals surface area contributed by atoms with Crippen LogP contribution in [0.15, 0.2) is 85.2 Å². The van der Waals surface area contributed by atoms with Crippen LogP contribution in [0.4, 0.5) is 0 Å². The van der Waals surface area contributed by atoms with Gasteiger partial charge in [-0.25, -0.2) is 0 Å². The Bertz CT molecular complexity index is 1440. The molecule has 0 aliphatic rings. The zero-order valence-electron chi connectivity index (χ0n) is 13.5. The standard InChI is InChI=1S/C23H14N2/c1-2-6-16-14-20-17(13-15(16)5-1)9-10-19-18-7-3-11-24-22(18)21-8-4-12-25(21)23(19)20/h1-14H. The summed E-state index contributed by atoms with van der Waals surface area (Å²) in [6.45, 7) is 0. The van der Waals surface area contributed by atoms with Gasteiger partial charge in [-0.15, -0.1) is 0 Å². The first kappa shape index (κ1) is 13.0. The van der Waals surface area contributed by atoms with Crippen LogP contribution in [-0.4, -0.2) is 9.38 Å². The van der Waals surface area contributed by atoms with E-state index in [-0.39, 0.29) is 0 Å². The summed E-state index contributed by atoms with van der Waals surface area (Å²) in [6.07, 6.45) is 4.01. The van der Waals surface area contributed by atoms with Crippen LogP contribution in [-0.2, 0) is 0 Å². The van der Waals surface area contributed by atoms with Gasteiger partial charge in [-0.2, -0.15) is 0 Å². The highest BCUT2D eigenvalue weighted by Gasteiger charge is 2.12. The van der Waals surface area contributed by atoms with E-state index in [9.17, 15) is 0 Å². The van der Waals surface area contributed by atoms with Gasteiger partial charge in [0.1, 0.15) is 0 Å². The molecule has 3 aromatic heterocycles. The number of nitrogens with zero attached hydrogens (tertiary/aromatic N) is 2. The van der Waals surface area contributed by atoms with Gasteiger partial charge in [-0.3, -0.25) is 4.98 Å². The number of benzene rings is 3. The lowest BCUT2D eigenvalue weighted by Gasteiger charge is -2.12. The minimum Gasteiger partial charge on any atom is -0.314 e. The van der Waals surface area contributed by atoms with Crippen LogP contribution in [0.3, 0.4) is 0 Å². The van der Waals surface area contributed by atoms with Crippen molar-refractivity contribution in [2.45, 2.75) is 0 Å². The Morgan fingerprint density at radius 1 is 0.640 bits per heavy atom. The van der Waals surface area contributed by atoms with Crippen molar-refractivity contribution in [2.24, 2.45) is 0 Å². The molecule has 0 spiro atoms. The van der Waals surface area contributed by atoms with Gasteiger partial charge in [0.05, 0.1) is 16.6 Å². The van der Waals surface area contributed by atoms with Gasteiger partial charge in [0.25, 0.3) is 0 Å². The zero-order valence-corrected chi connectivity index (χ0v) is 13.5. The smallest absolute Gasteiger partial charge is 0.0948 e. The molecule has 116 valence electrons. The molecule has 0 atom stereocenters. The normalized spacial score (nSPS) is 12.0. The van der Waals surface area contributed by atoms with Gasteiger partial charge in [-0.05, 0) is 46.5 Å². The van der Waals surface area contributed by atoms with E-state index < -0.39 is 0 Å². The van der Waals surface area contributed by atoms with Crippen molar-refractivity contribution in [3.8, 4) is 0 Å². The second-order valence-electron chi connectivity index (χ2n) is 6.55. The number of hydrogen-bond donors (Lipinski definition) is 0. The Kier molecular flexibility index (Phi) is 2.37. The van der Waals surface area contributed by atoms with Crippen LogP contribution in [0.2, 0.25) is 0 Å². The molecule has 0 saturated carbocycles.